The molecule has 19 heavy (non-hydrogen) atoms. The number of esters is 1. The minimum absolute atomic E-state index is 0.0188. The Morgan fingerprint density at radius 3 is 2.63 bits per heavy atom. The second-order valence-corrected chi connectivity index (χ2v) is 5.60. The molecule has 2 rings (SSSR count). The molecule has 0 saturated heterocycles. The lowest BCUT2D eigenvalue weighted by Crippen LogP contribution is -2.13. The SMILES string of the molecule is COC(=O)CC1(CSc2ccc(C(=O)O)nn2)CC1. The molecule has 1 fully saturated rings. The summed E-state index contributed by atoms with van der Waals surface area (Å²) in [6.07, 6.45) is 2.45. The molecule has 1 saturated carbocycles. The van der Waals surface area contributed by atoms with E-state index in [4.69, 9.17) is 5.11 Å². The Hall–Kier alpha value is -1.63. The first-order chi connectivity index (χ1) is 9.04. The maximum Gasteiger partial charge on any atom is 0.356 e. The van der Waals surface area contributed by atoms with Crippen LogP contribution in [0.25, 0.3) is 0 Å². The summed E-state index contributed by atoms with van der Waals surface area (Å²) >= 11 is 1.49. The van der Waals surface area contributed by atoms with Crippen LogP contribution >= 0.6 is 11.8 Å². The first-order valence-electron chi connectivity index (χ1n) is 5.81. The second kappa shape index (κ2) is 5.56. The number of carbonyl (C=O) groups excluding carboxylic acids is 1. The lowest BCUT2D eigenvalue weighted by Gasteiger charge is -2.12. The van der Waals surface area contributed by atoms with Crippen LogP contribution in [0.2, 0.25) is 0 Å². The molecule has 1 aliphatic rings. The maximum atomic E-state index is 11.3. The zero-order valence-corrected chi connectivity index (χ0v) is 11.3. The van der Waals surface area contributed by atoms with Gasteiger partial charge in [0.1, 0.15) is 5.03 Å². The fourth-order valence-corrected chi connectivity index (χ4v) is 2.77. The van der Waals surface area contributed by atoms with Gasteiger partial charge in [-0.25, -0.2) is 4.79 Å². The van der Waals surface area contributed by atoms with Crippen molar-refractivity contribution in [2.75, 3.05) is 12.9 Å². The third-order valence-electron chi connectivity index (χ3n) is 3.09. The number of methoxy groups -OCH3 is 1. The summed E-state index contributed by atoms with van der Waals surface area (Å²) in [5.74, 6) is -0.512. The highest BCUT2D eigenvalue weighted by Gasteiger charge is 2.44. The van der Waals surface area contributed by atoms with Gasteiger partial charge in [0.05, 0.1) is 13.5 Å². The molecule has 1 aromatic heterocycles. The Morgan fingerprint density at radius 2 is 2.16 bits per heavy atom. The largest absolute Gasteiger partial charge is 0.476 e. The third kappa shape index (κ3) is 3.66. The van der Waals surface area contributed by atoms with Crippen molar-refractivity contribution < 1.29 is 19.4 Å². The molecule has 0 aromatic carbocycles. The summed E-state index contributed by atoms with van der Waals surface area (Å²) < 4.78 is 4.68. The number of carbonyl (C=O) groups is 2. The summed E-state index contributed by atoms with van der Waals surface area (Å²) in [7, 11) is 1.39. The first-order valence-corrected chi connectivity index (χ1v) is 6.80. The highest BCUT2D eigenvalue weighted by atomic mass is 32.2. The number of thioether (sulfide) groups is 1. The average Bonchev–Trinajstić information content (AvgIpc) is 3.17. The van der Waals surface area contributed by atoms with Gasteiger partial charge in [-0.05, 0) is 30.4 Å². The first kappa shape index (κ1) is 13.8. The minimum Gasteiger partial charge on any atom is -0.476 e. The molecule has 7 heteroatoms. The molecule has 0 spiro atoms. The molecule has 0 radical (unpaired) electrons. The Morgan fingerprint density at radius 1 is 1.42 bits per heavy atom. The van der Waals surface area contributed by atoms with E-state index in [0.717, 1.165) is 18.6 Å². The van der Waals surface area contributed by atoms with Gasteiger partial charge in [-0.15, -0.1) is 22.0 Å². The van der Waals surface area contributed by atoms with Crippen LogP contribution in [-0.2, 0) is 9.53 Å². The topological polar surface area (TPSA) is 89.4 Å². The van der Waals surface area contributed by atoms with Gasteiger partial charge in [0.25, 0.3) is 0 Å². The highest BCUT2D eigenvalue weighted by molar-refractivity contribution is 7.99. The lowest BCUT2D eigenvalue weighted by molar-refractivity contribution is -0.141. The number of nitrogens with zero attached hydrogens (tertiary/aromatic N) is 2. The zero-order chi connectivity index (χ0) is 13.9. The molecular weight excluding hydrogens is 268 g/mol. The van der Waals surface area contributed by atoms with Crippen molar-refractivity contribution in [3.8, 4) is 0 Å². The molecule has 1 aliphatic carbocycles. The minimum atomic E-state index is -1.09. The number of ether oxygens (including phenoxy) is 1. The standard InChI is InChI=1S/C12H14N2O4S/c1-18-10(15)6-12(4-5-12)7-19-9-3-2-8(11(16)17)13-14-9/h2-3H,4-7H2,1H3,(H,16,17). The van der Waals surface area contributed by atoms with Crippen molar-refractivity contribution in [2.24, 2.45) is 5.41 Å². The Kier molecular flexibility index (Phi) is 4.04. The molecule has 1 aromatic rings. The van der Waals surface area contributed by atoms with Crippen LogP contribution < -0.4 is 0 Å². The number of aromatic nitrogens is 2. The van der Waals surface area contributed by atoms with E-state index in [0.29, 0.717) is 11.4 Å². The number of hydrogen-bond donors (Lipinski definition) is 1. The fourth-order valence-electron chi connectivity index (χ4n) is 1.67. The van der Waals surface area contributed by atoms with Crippen LogP contribution in [-0.4, -0.2) is 40.1 Å². The summed E-state index contributed by atoms with van der Waals surface area (Å²) in [6.45, 7) is 0. The Balaban J connectivity index is 1.88. The quantitative estimate of drug-likeness (QED) is 0.626. The van der Waals surface area contributed by atoms with E-state index in [1.54, 1.807) is 6.07 Å². The molecule has 1 N–H and O–H groups in total. The molecule has 1 heterocycles. The van der Waals surface area contributed by atoms with Crippen molar-refractivity contribution in [3.63, 3.8) is 0 Å². The molecule has 0 amide bonds. The van der Waals surface area contributed by atoms with E-state index >= 15 is 0 Å². The van der Waals surface area contributed by atoms with Gasteiger partial charge in [-0.2, -0.15) is 0 Å². The van der Waals surface area contributed by atoms with E-state index < -0.39 is 5.97 Å². The lowest BCUT2D eigenvalue weighted by atomic mass is 10.1. The van der Waals surface area contributed by atoms with E-state index in [1.165, 1.54) is 24.9 Å². The van der Waals surface area contributed by atoms with Gasteiger partial charge in [-0.3, -0.25) is 4.79 Å². The molecule has 0 bridgehead atoms. The predicted octanol–water partition coefficient (Wildman–Crippen LogP) is 1.61. The molecule has 0 aliphatic heterocycles. The van der Waals surface area contributed by atoms with Crippen molar-refractivity contribution in [1.29, 1.82) is 0 Å². The number of carboxylic acid groups (broad SMARTS) is 1. The summed E-state index contributed by atoms with van der Waals surface area (Å²) in [4.78, 5) is 21.9. The van der Waals surface area contributed by atoms with Crippen LogP contribution in [0.4, 0.5) is 0 Å². The van der Waals surface area contributed by atoms with Gasteiger partial charge in [-0.1, -0.05) is 0 Å². The van der Waals surface area contributed by atoms with E-state index in [1.807, 2.05) is 0 Å². The van der Waals surface area contributed by atoms with Gasteiger partial charge in [0, 0.05) is 5.75 Å². The van der Waals surface area contributed by atoms with E-state index in [2.05, 4.69) is 14.9 Å². The van der Waals surface area contributed by atoms with E-state index in [-0.39, 0.29) is 17.1 Å². The molecular formula is C12H14N2O4S. The molecule has 6 nitrogen and oxygen atoms in total. The Labute approximate surface area is 114 Å². The average molecular weight is 282 g/mol. The number of rotatable bonds is 6. The summed E-state index contributed by atoms with van der Waals surface area (Å²) in [5, 5.41) is 16.8. The van der Waals surface area contributed by atoms with Gasteiger partial charge in [0.15, 0.2) is 5.69 Å². The maximum absolute atomic E-state index is 11.3. The second-order valence-electron chi connectivity index (χ2n) is 4.60. The van der Waals surface area contributed by atoms with Crippen molar-refractivity contribution in [3.05, 3.63) is 17.8 Å². The van der Waals surface area contributed by atoms with Crippen LogP contribution in [0.15, 0.2) is 17.2 Å². The molecule has 0 unspecified atom stereocenters. The van der Waals surface area contributed by atoms with Crippen LogP contribution in [0.5, 0.6) is 0 Å². The normalized spacial score (nSPS) is 15.8. The molecule has 0 atom stereocenters. The van der Waals surface area contributed by atoms with Crippen molar-refractivity contribution in [1.82, 2.24) is 10.2 Å². The molecule has 102 valence electrons. The van der Waals surface area contributed by atoms with Crippen molar-refractivity contribution in [2.45, 2.75) is 24.3 Å². The fraction of sp³-hybridized carbons (Fsp3) is 0.500. The smallest absolute Gasteiger partial charge is 0.356 e. The number of hydrogen-bond acceptors (Lipinski definition) is 6. The monoisotopic (exact) mass is 282 g/mol. The van der Waals surface area contributed by atoms with Gasteiger partial charge < -0.3 is 9.84 Å². The summed E-state index contributed by atoms with van der Waals surface area (Å²) in [6, 6.07) is 3.06. The van der Waals surface area contributed by atoms with Gasteiger partial charge in [0.2, 0.25) is 0 Å². The van der Waals surface area contributed by atoms with Crippen LogP contribution in [0.3, 0.4) is 0 Å². The Bertz CT molecular complexity index is 485. The van der Waals surface area contributed by atoms with Crippen LogP contribution in [0, 0.1) is 5.41 Å². The number of carboxylic acids is 1. The highest BCUT2D eigenvalue weighted by Crippen LogP contribution is 2.51. The van der Waals surface area contributed by atoms with Crippen molar-refractivity contribution >= 4 is 23.7 Å². The van der Waals surface area contributed by atoms with Crippen LogP contribution in [0.1, 0.15) is 29.8 Å². The predicted molar refractivity (Wildman–Crippen MR) is 68.0 cm³/mol. The zero-order valence-electron chi connectivity index (χ0n) is 10.5. The van der Waals surface area contributed by atoms with Gasteiger partial charge >= 0.3 is 11.9 Å². The third-order valence-corrected chi connectivity index (χ3v) is 4.36. The summed E-state index contributed by atoms with van der Waals surface area (Å²) in [5.41, 5.74) is -0.0506. The number of aromatic carboxylic acids is 1. The van der Waals surface area contributed by atoms with E-state index in [9.17, 15) is 9.59 Å².